The van der Waals surface area contributed by atoms with Gasteiger partial charge in [-0.05, 0) is 31.6 Å². The molecule has 0 aromatic carbocycles. The predicted molar refractivity (Wildman–Crippen MR) is 112 cm³/mol. The summed E-state index contributed by atoms with van der Waals surface area (Å²) < 4.78 is 0. The van der Waals surface area contributed by atoms with Crippen molar-refractivity contribution >= 4 is 11.7 Å². The van der Waals surface area contributed by atoms with E-state index in [2.05, 4.69) is 41.5 Å². The number of hydrogen-bond donors (Lipinski definition) is 0. The van der Waals surface area contributed by atoms with E-state index in [9.17, 15) is 9.59 Å². The summed E-state index contributed by atoms with van der Waals surface area (Å²) in [6.07, 6.45) is 5.87. The Labute approximate surface area is 213 Å². The molecule has 0 radical (unpaired) electrons. The second-order valence-corrected chi connectivity index (χ2v) is 9.20. The van der Waals surface area contributed by atoms with E-state index in [0.717, 1.165) is 12.8 Å². The van der Waals surface area contributed by atoms with Crippen LogP contribution < -0.4 is 58.2 Å². The normalized spacial score (nSPS) is 11.0. The Bertz CT molecular complexity index is 327. The van der Waals surface area contributed by atoms with Gasteiger partial charge in [0.05, 0.1) is 5.91 Å². The number of ketones is 1. The average molecular weight is 442 g/mol. The van der Waals surface area contributed by atoms with Crippen LogP contribution in [-0.2, 0) is 9.59 Å². The molecule has 0 fully saturated rings. The molecule has 0 saturated heterocycles. The molecule has 0 bridgehead atoms. The van der Waals surface area contributed by atoms with Crippen LogP contribution in [0.1, 0.15) is 108 Å². The molecule has 0 aromatic rings. The summed E-state index contributed by atoms with van der Waals surface area (Å²) >= 11 is 0. The molecule has 0 rings (SSSR count). The molecule has 4 heteroatoms. The van der Waals surface area contributed by atoms with Gasteiger partial charge in [-0.1, -0.05) is 88.5 Å². The topological polar surface area (TPSA) is 57.9 Å². The number of amides is 1. The van der Waals surface area contributed by atoms with Gasteiger partial charge >= 0.3 is 58.2 Å². The van der Waals surface area contributed by atoms with Gasteiger partial charge in [-0.3, -0.25) is 4.79 Å². The van der Waals surface area contributed by atoms with E-state index in [-0.39, 0.29) is 63.6 Å². The van der Waals surface area contributed by atoms with Crippen molar-refractivity contribution in [3.05, 3.63) is 5.73 Å². The quantitative estimate of drug-likeness (QED) is 0.557. The third kappa shape index (κ3) is 23.0. The minimum Gasteiger partial charge on any atom is -0.667 e. The van der Waals surface area contributed by atoms with E-state index >= 15 is 0 Å². The Morgan fingerprint density at radius 2 is 1.12 bits per heavy atom. The van der Waals surface area contributed by atoms with Crippen LogP contribution in [0, 0.1) is 22.7 Å². The number of carbonyl (C=O) groups excluding carboxylic acids is 2. The molecule has 0 atom stereocenters. The van der Waals surface area contributed by atoms with Gasteiger partial charge in [-0.25, -0.2) is 0 Å². The predicted octanol–water partition coefficient (Wildman–Crippen LogP) is 4.49. The van der Waals surface area contributed by atoms with Crippen molar-refractivity contribution in [2.45, 2.75) is 108 Å². The second-order valence-electron chi connectivity index (χ2n) is 9.20. The first-order valence-corrected chi connectivity index (χ1v) is 9.91. The van der Waals surface area contributed by atoms with Crippen LogP contribution in [-0.4, -0.2) is 11.7 Å². The largest absolute Gasteiger partial charge is 1.00 e. The van der Waals surface area contributed by atoms with Crippen LogP contribution in [0.25, 0.3) is 5.73 Å². The molecule has 152 valence electrons. The standard InChI is InChI=1S/C9H18O.C8H17NO.C5H12.Rb/c1-7(2)6-9(4,5)8(3)10;1-6(2)5-8(3,4)7(9)10;1-3-5-4-2;/h7H,6H2,1-5H3;6H,5H2,1-4H3,(H2,9,10);3-5H2,1-2H3;/q;;;+1/p-1. The van der Waals surface area contributed by atoms with Crippen molar-refractivity contribution in [3.63, 3.8) is 0 Å². The van der Waals surface area contributed by atoms with Gasteiger partial charge < -0.3 is 10.5 Å². The number of hydrogen-bond acceptors (Lipinski definition) is 2. The first kappa shape index (κ1) is 34.5. The maximum atomic E-state index is 11.0. The maximum absolute atomic E-state index is 11.0. The van der Waals surface area contributed by atoms with Crippen molar-refractivity contribution in [1.29, 1.82) is 0 Å². The Kier molecular flexibility index (Phi) is 23.9. The molecule has 0 unspecified atom stereocenters. The van der Waals surface area contributed by atoms with E-state index in [1.165, 1.54) is 19.3 Å². The molecular formula is C22H46NO2Rb. The molecule has 0 saturated carbocycles. The second kappa shape index (κ2) is 18.0. The van der Waals surface area contributed by atoms with E-state index in [4.69, 9.17) is 5.73 Å². The molecule has 26 heavy (non-hydrogen) atoms. The van der Waals surface area contributed by atoms with E-state index in [1.807, 2.05) is 27.7 Å². The maximum Gasteiger partial charge on any atom is 1.00 e. The van der Waals surface area contributed by atoms with E-state index < -0.39 is 11.3 Å². The van der Waals surface area contributed by atoms with E-state index in [0.29, 0.717) is 17.6 Å². The number of nitrogens with one attached hydrogen (secondary N) is 1. The Morgan fingerprint density at radius 1 is 0.808 bits per heavy atom. The number of Topliss-reactive ketones (excluding diaryl/α,β-unsaturated/α-hetero) is 1. The van der Waals surface area contributed by atoms with E-state index in [1.54, 1.807) is 6.92 Å². The zero-order valence-electron chi connectivity index (χ0n) is 20.0. The van der Waals surface area contributed by atoms with Crippen LogP contribution in [0.3, 0.4) is 0 Å². The fourth-order valence-corrected chi connectivity index (χ4v) is 2.63. The summed E-state index contributed by atoms with van der Waals surface area (Å²) in [5, 5.41) is 0. The fourth-order valence-electron chi connectivity index (χ4n) is 2.63. The van der Waals surface area contributed by atoms with Crippen molar-refractivity contribution < 1.29 is 67.8 Å². The van der Waals surface area contributed by atoms with Crippen molar-refractivity contribution in [2.75, 3.05) is 0 Å². The fraction of sp³-hybridized carbons (Fsp3) is 0.909. The molecule has 0 aliphatic heterocycles. The van der Waals surface area contributed by atoms with Crippen LogP contribution in [0.15, 0.2) is 0 Å². The molecule has 0 aromatic heterocycles. The zero-order valence-corrected chi connectivity index (χ0v) is 24.9. The zero-order chi connectivity index (χ0) is 20.8. The van der Waals surface area contributed by atoms with Gasteiger partial charge in [0.1, 0.15) is 5.78 Å². The molecule has 0 aliphatic rings. The third-order valence-corrected chi connectivity index (χ3v) is 4.11. The smallest absolute Gasteiger partial charge is 0.667 e. The summed E-state index contributed by atoms with van der Waals surface area (Å²) in [5.74, 6) is 0.936. The Hall–Kier alpha value is 0.945. The van der Waals surface area contributed by atoms with Gasteiger partial charge in [0.2, 0.25) is 0 Å². The Morgan fingerprint density at radius 3 is 1.19 bits per heavy atom. The number of rotatable bonds is 8. The van der Waals surface area contributed by atoms with Crippen LogP contribution in [0.2, 0.25) is 0 Å². The van der Waals surface area contributed by atoms with Crippen LogP contribution in [0.4, 0.5) is 0 Å². The molecule has 3 nitrogen and oxygen atoms in total. The minimum absolute atomic E-state index is 0. The molecule has 0 spiro atoms. The van der Waals surface area contributed by atoms with Crippen molar-refractivity contribution in [3.8, 4) is 0 Å². The van der Waals surface area contributed by atoms with Crippen molar-refractivity contribution in [1.82, 2.24) is 0 Å². The number of carbonyl (C=O) groups is 2. The van der Waals surface area contributed by atoms with Gasteiger partial charge in [0.15, 0.2) is 0 Å². The average Bonchev–Trinajstić information content (AvgIpc) is 2.37. The van der Waals surface area contributed by atoms with Gasteiger partial charge in [0, 0.05) is 10.8 Å². The SMILES string of the molecule is CC(=O)C(C)(C)CC(C)C.CC(C)CC(C)(C)C([NH-])=O.CCCCC.[Rb+]. The summed E-state index contributed by atoms with van der Waals surface area (Å²) in [4.78, 5) is 21.7. The Balaban J connectivity index is -0.000000145. The molecule has 0 aliphatic carbocycles. The third-order valence-electron chi connectivity index (χ3n) is 4.11. The molecular weight excluding hydrogens is 396 g/mol. The van der Waals surface area contributed by atoms with Gasteiger partial charge in [-0.2, -0.15) is 0 Å². The molecule has 0 heterocycles. The molecule has 1 N–H and O–H groups in total. The van der Waals surface area contributed by atoms with Gasteiger partial charge in [0.25, 0.3) is 0 Å². The summed E-state index contributed by atoms with van der Waals surface area (Å²) in [6.45, 7) is 22.2. The first-order chi connectivity index (χ1) is 11.1. The number of unbranched alkanes of at least 4 members (excludes halogenated alkanes) is 2. The first-order valence-electron chi connectivity index (χ1n) is 9.91. The minimum atomic E-state index is -0.457. The summed E-state index contributed by atoms with van der Waals surface area (Å²) in [5.41, 5.74) is 6.37. The van der Waals surface area contributed by atoms with Gasteiger partial charge in [-0.15, -0.1) is 0 Å². The summed E-state index contributed by atoms with van der Waals surface area (Å²) in [6, 6.07) is 0. The monoisotopic (exact) mass is 441 g/mol. The van der Waals surface area contributed by atoms with Crippen LogP contribution >= 0.6 is 0 Å². The molecule has 1 amide bonds. The van der Waals surface area contributed by atoms with Crippen molar-refractivity contribution in [2.24, 2.45) is 22.7 Å². The summed E-state index contributed by atoms with van der Waals surface area (Å²) in [7, 11) is 0. The van der Waals surface area contributed by atoms with Crippen LogP contribution in [0.5, 0.6) is 0 Å².